The summed E-state index contributed by atoms with van der Waals surface area (Å²) in [5.41, 5.74) is 4.57. The molecule has 1 N–H and O–H groups in total. The highest BCUT2D eigenvalue weighted by Crippen LogP contribution is 2.40. The Bertz CT molecular complexity index is 1480. The molecule has 4 aromatic rings. The largest absolute Gasteiger partial charge is 0.298 e. The number of hydrogen-bond acceptors (Lipinski definition) is 5. The van der Waals surface area contributed by atoms with Crippen molar-refractivity contribution in [2.45, 2.75) is 37.8 Å². The van der Waals surface area contributed by atoms with Gasteiger partial charge in [-0.05, 0) is 49.2 Å². The highest BCUT2D eigenvalue weighted by molar-refractivity contribution is 7.89. The Labute approximate surface area is 209 Å². The number of anilines is 1. The molecule has 0 saturated heterocycles. The predicted molar refractivity (Wildman–Crippen MR) is 139 cm³/mol. The average Bonchev–Trinajstić information content (AvgIpc) is 3.40. The van der Waals surface area contributed by atoms with Gasteiger partial charge < -0.3 is 0 Å². The van der Waals surface area contributed by atoms with Crippen LogP contribution in [-0.2, 0) is 23.0 Å². The third-order valence-corrected chi connectivity index (χ3v) is 9.03. The summed E-state index contributed by atoms with van der Waals surface area (Å²) in [7, 11) is -3.74. The van der Waals surface area contributed by atoms with E-state index in [0.717, 1.165) is 28.1 Å². The molecule has 0 saturated carbocycles. The van der Waals surface area contributed by atoms with Crippen molar-refractivity contribution in [2.75, 3.05) is 5.32 Å². The van der Waals surface area contributed by atoms with Gasteiger partial charge in [0, 0.05) is 35.0 Å². The summed E-state index contributed by atoms with van der Waals surface area (Å²) in [6.45, 7) is 3.99. The Morgan fingerprint density at radius 2 is 1.69 bits per heavy atom. The van der Waals surface area contributed by atoms with Crippen LogP contribution in [0.2, 0.25) is 0 Å². The second-order valence-corrected chi connectivity index (χ2v) is 11.7. The van der Waals surface area contributed by atoms with E-state index in [2.05, 4.69) is 16.4 Å². The van der Waals surface area contributed by atoms with Crippen LogP contribution >= 0.6 is 11.3 Å². The van der Waals surface area contributed by atoms with Crippen molar-refractivity contribution < 1.29 is 13.2 Å². The number of thiazole rings is 1. The van der Waals surface area contributed by atoms with Crippen molar-refractivity contribution in [3.05, 3.63) is 100 Å². The molecule has 1 aromatic heterocycles. The predicted octanol–water partition coefficient (Wildman–Crippen LogP) is 5.57. The monoisotopic (exact) mass is 503 g/mol. The summed E-state index contributed by atoms with van der Waals surface area (Å²) >= 11 is 1.47. The molecule has 1 heterocycles. The van der Waals surface area contributed by atoms with Crippen molar-refractivity contribution in [1.29, 1.82) is 0 Å². The van der Waals surface area contributed by atoms with E-state index in [9.17, 15) is 13.2 Å². The van der Waals surface area contributed by atoms with Crippen LogP contribution in [0.5, 0.6) is 0 Å². The van der Waals surface area contributed by atoms with Crippen molar-refractivity contribution in [2.24, 2.45) is 0 Å². The van der Waals surface area contributed by atoms with Crippen molar-refractivity contribution in [3.8, 4) is 11.3 Å². The van der Waals surface area contributed by atoms with E-state index in [-0.39, 0.29) is 23.4 Å². The number of benzene rings is 3. The maximum Gasteiger partial charge on any atom is 0.257 e. The molecule has 1 aliphatic carbocycles. The van der Waals surface area contributed by atoms with Crippen LogP contribution in [-0.4, -0.2) is 29.7 Å². The summed E-state index contributed by atoms with van der Waals surface area (Å²) in [6, 6.07) is 23.5. The first-order valence-electron chi connectivity index (χ1n) is 11.4. The second kappa shape index (κ2) is 9.37. The third-order valence-electron chi connectivity index (χ3n) is 6.02. The second-order valence-electron chi connectivity index (χ2n) is 8.73. The zero-order chi connectivity index (χ0) is 24.6. The average molecular weight is 504 g/mol. The lowest BCUT2D eigenvalue weighted by molar-refractivity contribution is 0.102. The lowest BCUT2D eigenvalue weighted by atomic mass is 10.1. The molecule has 0 radical (unpaired) electrons. The van der Waals surface area contributed by atoms with Crippen molar-refractivity contribution in [1.82, 2.24) is 9.29 Å². The van der Waals surface area contributed by atoms with Crippen molar-refractivity contribution in [3.63, 3.8) is 0 Å². The van der Waals surface area contributed by atoms with Gasteiger partial charge in [0.1, 0.15) is 0 Å². The van der Waals surface area contributed by atoms with E-state index < -0.39 is 10.0 Å². The summed E-state index contributed by atoms with van der Waals surface area (Å²) in [6.07, 6.45) is 0.820. The molecule has 8 heteroatoms. The number of nitrogens with one attached hydrogen (secondary N) is 1. The number of amides is 1. The van der Waals surface area contributed by atoms with Crippen LogP contribution in [0.15, 0.2) is 83.8 Å². The standard InChI is InChI=1S/C27H25N3O3S2/c1-18(2)30(17-19-8-4-3-5-9-19)35(32,33)22-14-12-20(13-15-22)26(31)29-27-28-25-23-11-7-6-10-21(23)16-24(25)34-27/h3-15,18H,16-17H2,1-2H3,(H,28,29,31). The molecule has 5 rings (SSSR count). The van der Waals surface area contributed by atoms with E-state index >= 15 is 0 Å². The van der Waals surface area contributed by atoms with E-state index in [1.54, 1.807) is 12.1 Å². The molecule has 0 aliphatic heterocycles. The molecule has 35 heavy (non-hydrogen) atoms. The first-order valence-corrected chi connectivity index (χ1v) is 13.6. The molecule has 0 fully saturated rings. The number of carbonyl (C=O) groups excluding carboxylic acids is 1. The fourth-order valence-corrected chi connectivity index (χ4v) is 6.82. The van der Waals surface area contributed by atoms with Gasteiger partial charge in [0.05, 0.1) is 10.6 Å². The summed E-state index contributed by atoms with van der Waals surface area (Å²) in [5, 5.41) is 3.40. The molecule has 0 spiro atoms. The number of hydrogen-bond donors (Lipinski definition) is 1. The van der Waals surface area contributed by atoms with E-state index in [0.29, 0.717) is 10.7 Å². The number of aromatic nitrogens is 1. The highest BCUT2D eigenvalue weighted by atomic mass is 32.2. The van der Waals surface area contributed by atoms with E-state index in [1.165, 1.54) is 33.3 Å². The number of fused-ring (bicyclic) bond motifs is 3. The zero-order valence-corrected chi connectivity index (χ0v) is 21.1. The number of sulfonamides is 1. The van der Waals surface area contributed by atoms with Crippen LogP contribution < -0.4 is 5.32 Å². The van der Waals surface area contributed by atoms with Gasteiger partial charge in [-0.25, -0.2) is 13.4 Å². The van der Waals surface area contributed by atoms with Crippen molar-refractivity contribution >= 4 is 32.4 Å². The highest BCUT2D eigenvalue weighted by Gasteiger charge is 2.28. The lowest BCUT2D eigenvalue weighted by Crippen LogP contribution is -2.36. The van der Waals surface area contributed by atoms with Crippen LogP contribution in [0.3, 0.4) is 0 Å². The van der Waals surface area contributed by atoms with Crippen LogP contribution in [0.25, 0.3) is 11.3 Å². The van der Waals surface area contributed by atoms with Gasteiger partial charge in [-0.15, -0.1) is 11.3 Å². The molecule has 0 bridgehead atoms. The minimum atomic E-state index is -3.74. The minimum absolute atomic E-state index is 0.156. The Morgan fingerprint density at radius 1 is 1.00 bits per heavy atom. The topological polar surface area (TPSA) is 79.4 Å². The van der Waals surface area contributed by atoms with Gasteiger partial charge >= 0.3 is 0 Å². The van der Waals surface area contributed by atoms with Gasteiger partial charge in [-0.1, -0.05) is 54.6 Å². The summed E-state index contributed by atoms with van der Waals surface area (Å²) in [4.78, 5) is 18.7. The van der Waals surface area contributed by atoms with E-state index in [4.69, 9.17) is 0 Å². The molecular formula is C27H25N3O3S2. The molecule has 0 unspecified atom stereocenters. The lowest BCUT2D eigenvalue weighted by Gasteiger charge is -2.26. The Hall–Kier alpha value is -3.33. The fraction of sp³-hybridized carbons (Fsp3) is 0.185. The Morgan fingerprint density at radius 3 is 2.40 bits per heavy atom. The van der Waals surface area contributed by atoms with Gasteiger partial charge in [0.15, 0.2) is 5.13 Å². The smallest absolute Gasteiger partial charge is 0.257 e. The molecule has 1 amide bonds. The normalized spacial score (nSPS) is 12.6. The summed E-state index contributed by atoms with van der Waals surface area (Å²) in [5.74, 6) is -0.320. The molecule has 3 aromatic carbocycles. The quantitative estimate of drug-likeness (QED) is 0.315. The number of carbonyl (C=O) groups is 1. The number of nitrogens with zero attached hydrogens (tertiary/aromatic N) is 2. The fourth-order valence-electron chi connectivity index (χ4n) is 4.21. The molecule has 0 atom stereocenters. The van der Waals surface area contributed by atoms with Crippen LogP contribution in [0.4, 0.5) is 5.13 Å². The molecule has 1 aliphatic rings. The minimum Gasteiger partial charge on any atom is -0.298 e. The Kier molecular flexibility index (Phi) is 6.27. The van der Waals surface area contributed by atoms with Gasteiger partial charge in [0.2, 0.25) is 10.0 Å². The van der Waals surface area contributed by atoms with Gasteiger partial charge in [-0.3, -0.25) is 10.1 Å². The van der Waals surface area contributed by atoms with Crippen LogP contribution in [0.1, 0.15) is 40.2 Å². The molecule has 6 nitrogen and oxygen atoms in total. The maximum atomic E-state index is 13.3. The van der Waals surface area contributed by atoms with Gasteiger partial charge in [-0.2, -0.15) is 4.31 Å². The third kappa shape index (κ3) is 4.65. The van der Waals surface area contributed by atoms with Gasteiger partial charge in [0.25, 0.3) is 5.91 Å². The molecular weight excluding hydrogens is 478 g/mol. The first-order chi connectivity index (χ1) is 16.8. The zero-order valence-electron chi connectivity index (χ0n) is 19.4. The Balaban J connectivity index is 1.32. The van der Waals surface area contributed by atoms with E-state index in [1.807, 2.05) is 62.4 Å². The molecule has 178 valence electrons. The SMILES string of the molecule is CC(C)N(Cc1ccccc1)S(=O)(=O)c1ccc(C(=O)Nc2nc3c(s2)Cc2ccccc2-3)cc1. The van der Waals surface area contributed by atoms with Crippen LogP contribution in [0, 0.1) is 0 Å². The summed E-state index contributed by atoms with van der Waals surface area (Å²) < 4.78 is 28.2. The first kappa shape index (κ1) is 23.4. The maximum absolute atomic E-state index is 13.3. The number of rotatable bonds is 7.